The number of carbonyl (C=O) groups is 1. The van der Waals surface area contributed by atoms with Crippen LogP contribution in [0.5, 0.6) is 5.75 Å². The standard InChI is InChI=1S/C18H11ClFN3O2S/c19-11-3-1-10(2-4-11)8-22-17(25)13-6-16(24)14(5-15(13)20)18-23-12(7-21)9-26-18/h1-6,9,24H,8H2,(H,22,25). The predicted octanol–water partition coefficient (Wildman–Crippen LogP) is 4.11. The minimum absolute atomic E-state index is 0.128. The van der Waals surface area contributed by atoms with Crippen molar-refractivity contribution in [1.29, 1.82) is 5.26 Å². The maximum Gasteiger partial charge on any atom is 0.254 e. The number of thiazole rings is 1. The number of aromatic nitrogens is 1. The second-order valence-electron chi connectivity index (χ2n) is 5.31. The molecule has 0 aliphatic heterocycles. The minimum atomic E-state index is -0.792. The Labute approximate surface area is 157 Å². The number of halogens is 2. The zero-order valence-corrected chi connectivity index (χ0v) is 14.7. The average Bonchev–Trinajstić information content (AvgIpc) is 3.11. The smallest absolute Gasteiger partial charge is 0.254 e. The maximum absolute atomic E-state index is 14.4. The van der Waals surface area contributed by atoms with Gasteiger partial charge < -0.3 is 10.4 Å². The lowest BCUT2D eigenvalue weighted by Crippen LogP contribution is -2.23. The van der Waals surface area contributed by atoms with Crippen molar-refractivity contribution in [3.63, 3.8) is 0 Å². The van der Waals surface area contributed by atoms with E-state index < -0.39 is 11.7 Å². The van der Waals surface area contributed by atoms with Crippen LogP contribution in [0.4, 0.5) is 4.39 Å². The third kappa shape index (κ3) is 3.82. The van der Waals surface area contributed by atoms with Gasteiger partial charge in [0.1, 0.15) is 22.6 Å². The molecular weight excluding hydrogens is 377 g/mol. The van der Waals surface area contributed by atoms with Crippen molar-refractivity contribution in [3.8, 4) is 22.4 Å². The molecule has 0 aliphatic rings. The lowest BCUT2D eigenvalue weighted by molar-refractivity contribution is 0.0946. The number of hydrogen-bond donors (Lipinski definition) is 2. The van der Waals surface area contributed by atoms with E-state index in [9.17, 15) is 14.3 Å². The summed E-state index contributed by atoms with van der Waals surface area (Å²) in [6.07, 6.45) is 0. The molecule has 1 aromatic heterocycles. The summed E-state index contributed by atoms with van der Waals surface area (Å²) in [5, 5.41) is 23.9. The normalized spacial score (nSPS) is 10.3. The first-order valence-electron chi connectivity index (χ1n) is 7.39. The summed E-state index contributed by atoms with van der Waals surface area (Å²) in [4.78, 5) is 16.2. The van der Waals surface area contributed by atoms with E-state index in [4.69, 9.17) is 16.9 Å². The Bertz CT molecular complexity index is 1010. The van der Waals surface area contributed by atoms with Crippen LogP contribution in [0, 0.1) is 17.1 Å². The molecule has 26 heavy (non-hydrogen) atoms. The van der Waals surface area contributed by atoms with Crippen molar-refractivity contribution in [2.24, 2.45) is 0 Å². The SMILES string of the molecule is N#Cc1csc(-c2cc(F)c(C(=O)NCc3ccc(Cl)cc3)cc2O)n1. The molecule has 1 amide bonds. The van der Waals surface area contributed by atoms with Crippen LogP contribution in [0.25, 0.3) is 10.6 Å². The lowest BCUT2D eigenvalue weighted by Gasteiger charge is -2.09. The lowest BCUT2D eigenvalue weighted by atomic mass is 10.1. The van der Waals surface area contributed by atoms with Crippen LogP contribution in [0.1, 0.15) is 21.6 Å². The summed E-state index contributed by atoms with van der Waals surface area (Å²) in [6.45, 7) is 0.190. The molecule has 3 rings (SSSR count). The molecule has 0 unspecified atom stereocenters. The second-order valence-corrected chi connectivity index (χ2v) is 6.60. The summed E-state index contributed by atoms with van der Waals surface area (Å²) in [5.41, 5.74) is 0.825. The monoisotopic (exact) mass is 387 g/mol. The molecular formula is C18H11ClFN3O2S. The zero-order valence-electron chi connectivity index (χ0n) is 13.2. The molecule has 0 bridgehead atoms. The number of carbonyl (C=O) groups excluding carboxylic acids is 1. The Morgan fingerprint density at radius 3 is 2.73 bits per heavy atom. The van der Waals surface area contributed by atoms with Gasteiger partial charge in [-0.15, -0.1) is 11.3 Å². The molecule has 3 aromatic rings. The van der Waals surface area contributed by atoms with E-state index in [2.05, 4.69) is 10.3 Å². The van der Waals surface area contributed by atoms with Crippen LogP contribution < -0.4 is 5.32 Å². The van der Waals surface area contributed by atoms with Crippen LogP contribution in [-0.2, 0) is 6.54 Å². The van der Waals surface area contributed by atoms with Gasteiger partial charge in [0.25, 0.3) is 5.91 Å². The van der Waals surface area contributed by atoms with Gasteiger partial charge in [0, 0.05) is 16.9 Å². The highest BCUT2D eigenvalue weighted by molar-refractivity contribution is 7.13. The topological polar surface area (TPSA) is 86.0 Å². The van der Waals surface area contributed by atoms with Crippen molar-refractivity contribution < 1.29 is 14.3 Å². The largest absolute Gasteiger partial charge is 0.507 e. The van der Waals surface area contributed by atoms with Gasteiger partial charge in [-0.1, -0.05) is 23.7 Å². The highest BCUT2D eigenvalue weighted by Crippen LogP contribution is 2.33. The van der Waals surface area contributed by atoms with E-state index in [1.807, 2.05) is 6.07 Å². The molecule has 0 spiro atoms. The Hall–Kier alpha value is -2.95. The van der Waals surface area contributed by atoms with E-state index in [-0.39, 0.29) is 29.1 Å². The van der Waals surface area contributed by atoms with Crippen molar-refractivity contribution in [2.45, 2.75) is 6.54 Å². The van der Waals surface area contributed by atoms with Crippen LogP contribution in [0.3, 0.4) is 0 Å². The Kier molecular flexibility index (Phi) is 5.16. The van der Waals surface area contributed by atoms with Gasteiger partial charge in [0.05, 0.1) is 11.1 Å². The van der Waals surface area contributed by atoms with Crippen LogP contribution in [0.15, 0.2) is 41.8 Å². The second kappa shape index (κ2) is 7.52. The number of aromatic hydroxyl groups is 1. The maximum atomic E-state index is 14.4. The summed E-state index contributed by atoms with van der Waals surface area (Å²) < 4.78 is 14.4. The first-order chi connectivity index (χ1) is 12.5. The number of phenolic OH excluding ortho intramolecular Hbond substituents is 1. The number of phenols is 1. The molecule has 130 valence electrons. The first-order valence-corrected chi connectivity index (χ1v) is 8.65. The fraction of sp³-hybridized carbons (Fsp3) is 0.0556. The molecule has 1 heterocycles. The van der Waals surface area contributed by atoms with Gasteiger partial charge in [-0.05, 0) is 29.8 Å². The highest BCUT2D eigenvalue weighted by Gasteiger charge is 2.18. The fourth-order valence-corrected chi connectivity index (χ4v) is 3.13. The van der Waals surface area contributed by atoms with Gasteiger partial charge >= 0.3 is 0 Å². The number of benzene rings is 2. The zero-order chi connectivity index (χ0) is 18.7. The first kappa shape index (κ1) is 17.9. The number of hydrogen-bond acceptors (Lipinski definition) is 5. The predicted molar refractivity (Wildman–Crippen MR) is 96.5 cm³/mol. The van der Waals surface area contributed by atoms with Gasteiger partial charge in [-0.25, -0.2) is 9.37 Å². The number of amides is 1. The van der Waals surface area contributed by atoms with Crippen molar-refractivity contribution in [2.75, 3.05) is 0 Å². The van der Waals surface area contributed by atoms with Gasteiger partial charge in [0.15, 0.2) is 5.69 Å². The highest BCUT2D eigenvalue weighted by atomic mass is 35.5. The summed E-state index contributed by atoms with van der Waals surface area (Å²) in [6, 6.07) is 10.8. The van der Waals surface area contributed by atoms with E-state index in [0.29, 0.717) is 10.0 Å². The Balaban J connectivity index is 1.79. The summed E-state index contributed by atoms with van der Waals surface area (Å²) in [5.74, 6) is -1.74. The molecule has 0 saturated carbocycles. The average molecular weight is 388 g/mol. The number of nitrogens with one attached hydrogen (secondary N) is 1. The van der Waals surface area contributed by atoms with E-state index >= 15 is 0 Å². The van der Waals surface area contributed by atoms with Crippen molar-refractivity contribution >= 4 is 28.8 Å². The number of nitrogens with zero attached hydrogens (tertiary/aromatic N) is 2. The van der Waals surface area contributed by atoms with E-state index in [1.54, 1.807) is 24.3 Å². The number of rotatable bonds is 4. The quantitative estimate of drug-likeness (QED) is 0.705. The molecule has 2 N–H and O–H groups in total. The molecule has 0 atom stereocenters. The van der Waals surface area contributed by atoms with Crippen LogP contribution >= 0.6 is 22.9 Å². The third-order valence-corrected chi connectivity index (χ3v) is 4.67. The Morgan fingerprint density at radius 2 is 2.08 bits per heavy atom. The van der Waals surface area contributed by atoms with Gasteiger partial charge in [0.2, 0.25) is 0 Å². The van der Waals surface area contributed by atoms with E-state index in [1.165, 1.54) is 5.38 Å². The summed E-state index contributed by atoms with van der Waals surface area (Å²) in [7, 11) is 0. The molecule has 0 fully saturated rings. The fourth-order valence-electron chi connectivity index (χ4n) is 2.24. The van der Waals surface area contributed by atoms with Crippen LogP contribution in [-0.4, -0.2) is 16.0 Å². The molecule has 5 nitrogen and oxygen atoms in total. The summed E-state index contributed by atoms with van der Waals surface area (Å²) >= 11 is 6.90. The third-order valence-electron chi connectivity index (χ3n) is 3.55. The van der Waals surface area contributed by atoms with Gasteiger partial charge in [-0.2, -0.15) is 5.26 Å². The minimum Gasteiger partial charge on any atom is -0.507 e. The molecule has 0 radical (unpaired) electrons. The molecule has 0 aliphatic carbocycles. The Morgan fingerprint density at radius 1 is 1.35 bits per heavy atom. The number of nitriles is 1. The van der Waals surface area contributed by atoms with E-state index in [0.717, 1.165) is 29.0 Å². The molecule has 0 saturated heterocycles. The molecule has 8 heteroatoms. The van der Waals surface area contributed by atoms with Crippen LogP contribution in [0.2, 0.25) is 5.02 Å². The van der Waals surface area contributed by atoms with Crippen molar-refractivity contribution in [1.82, 2.24) is 10.3 Å². The van der Waals surface area contributed by atoms with Gasteiger partial charge in [-0.3, -0.25) is 4.79 Å². The molecule has 2 aromatic carbocycles. The van der Waals surface area contributed by atoms with Crippen molar-refractivity contribution in [3.05, 3.63) is 69.4 Å².